The molecular weight excluding hydrogens is 460 g/mol. The highest BCUT2D eigenvalue weighted by molar-refractivity contribution is 8.16. The minimum atomic E-state index is -0.513. The molecule has 2 aliphatic rings. The van der Waals surface area contributed by atoms with Gasteiger partial charge in [0.25, 0.3) is 0 Å². The highest BCUT2D eigenvalue weighted by atomic mass is 32.2. The summed E-state index contributed by atoms with van der Waals surface area (Å²) in [5, 5.41) is 15.9. The van der Waals surface area contributed by atoms with Gasteiger partial charge in [0.2, 0.25) is 4.99 Å². The second-order valence-electron chi connectivity index (χ2n) is 9.01. The molecule has 0 N–H and O–H groups in total. The Morgan fingerprint density at radius 1 is 0.667 bits per heavy atom. The minimum Gasteiger partial charge on any atom is -0.228 e. The Morgan fingerprint density at radius 2 is 1.22 bits per heavy atom. The van der Waals surface area contributed by atoms with Crippen LogP contribution in [0.25, 0.3) is 0 Å². The SMILES string of the molecule is CCc1ccc(C2=NN(c3ccccc3)C3(CC2)SC(c2ccccc2)=NN3c2ccccc2)cc1. The van der Waals surface area contributed by atoms with Crippen molar-refractivity contribution in [2.45, 2.75) is 31.2 Å². The highest BCUT2D eigenvalue weighted by Gasteiger charge is 2.52. The van der Waals surface area contributed by atoms with Crippen molar-refractivity contribution in [2.24, 2.45) is 10.2 Å². The second kappa shape index (κ2) is 9.67. The number of para-hydroxylation sites is 2. The van der Waals surface area contributed by atoms with Crippen molar-refractivity contribution in [1.29, 1.82) is 0 Å². The van der Waals surface area contributed by atoms with Crippen molar-refractivity contribution < 1.29 is 0 Å². The van der Waals surface area contributed by atoms with Crippen molar-refractivity contribution in [3.63, 3.8) is 0 Å². The molecule has 1 unspecified atom stereocenters. The Labute approximate surface area is 217 Å². The second-order valence-corrected chi connectivity index (χ2v) is 10.3. The molecule has 2 heterocycles. The largest absolute Gasteiger partial charge is 0.228 e. The van der Waals surface area contributed by atoms with E-state index < -0.39 is 4.99 Å². The fraction of sp³-hybridized carbons (Fsp3) is 0.161. The molecular formula is C31H28N4S. The van der Waals surface area contributed by atoms with Crippen LogP contribution in [0.3, 0.4) is 0 Å². The molecule has 4 aromatic rings. The summed E-state index contributed by atoms with van der Waals surface area (Å²) < 4.78 is 0. The van der Waals surface area contributed by atoms with E-state index in [2.05, 4.69) is 120 Å². The number of hydrazone groups is 2. The van der Waals surface area contributed by atoms with Crippen molar-refractivity contribution >= 4 is 33.9 Å². The standard InChI is InChI=1S/C31H28N4S/c1-2-24-18-20-25(21-19-24)29-22-23-31(34(32-29)27-14-8-4-9-15-27)35(28-16-10-5-11-17-28)33-30(36-31)26-12-6-3-7-13-26/h3-21H,2,22-23H2,1H3. The molecule has 6 rings (SSSR count). The van der Waals surface area contributed by atoms with E-state index in [-0.39, 0.29) is 0 Å². The summed E-state index contributed by atoms with van der Waals surface area (Å²) in [7, 11) is 0. The van der Waals surface area contributed by atoms with E-state index in [0.717, 1.165) is 47.0 Å². The first-order valence-corrected chi connectivity index (χ1v) is 13.3. The molecule has 2 aliphatic heterocycles. The molecule has 1 spiro atoms. The molecule has 0 amide bonds. The Kier molecular flexibility index (Phi) is 6.08. The lowest BCUT2D eigenvalue weighted by Crippen LogP contribution is -2.56. The van der Waals surface area contributed by atoms with E-state index in [1.165, 1.54) is 11.1 Å². The molecule has 0 bridgehead atoms. The molecule has 0 aliphatic carbocycles. The Hall–Kier alpha value is -3.83. The molecule has 5 heteroatoms. The summed E-state index contributed by atoms with van der Waals surface area (Å²) in [6, 6.07) is 40.2. The van der Waals surface area contributed by atoms with E-state index in [4.69, 9.17) is 10.2 Å². The first-order chi connectivity index (χ1) is 17.8. The minimum absolute atomic E-state index is 0.513. The van der Waals surface area contributed by atoms with Gasteiger partial charge in [-0.2, -0.15) is 10.2 Å². The average molecular weight is 489 g/mol. The van der Waals surface area contributed by atoms with E-state index in [1.807, 2.05) is 12.1 Å². The maximum Gasteiger partial charge on any atom is 0.208 e. The van der Waals surface area contributed by atoms with Gasteiger partial charge in [-0.05, 0) is 60.0 Å². The van der Waals surface area contributed by atoms with Crippen LogP contribution in [0.15, 0.2) is 125 Å². The lowest BCUT2D eigenvalue weighted by atomic mass is 10.0. The van der Waals surface area contributed by atoms with Crippen LogP contribution in [-0.4, -0.2) is 15.8 Å². The lowest BCUT2D eigenvalue weighted by Gasteiger charge is -2.46. The Bertz CT molecular complexity index is 1390. The van der Waals surface area contributed by atoms with Gasteiger partial charge in [-0.25, -0.2) is 10.0 Å². The van der Waals surface area contributed by atoms with Gasteiger partial charge >= 0.3 is 0 Å². The van der Waals surface area contributed by atoms with Crippen LogP contribution < -0.4 is 10.0 Å². The summed E-state index contributed by atoms with van der Waals surface area (Å²) in [5.74, 6) is 0. The number of hydrogen-bond acceptors (Lipinski definition) is 5. The lowest BCUT2D eigenvalue weighted by molar-refractivity contribution is 0.487. The third kappa shape index (κ3) is 4.10. The Balaban J connectivity index is 1.49. The number of nitrogens with zero attached hydrogens (tertiary/aromatic N) is 4. The third-order valence-electron chi connectivity index (χ3n) is 6.74. The van der Waals surface area contributed by atoms with E-state index in [9.17, 15) is 0 Å². The summed E-state index contributed by atoms with van der Waals surface area (Å²) in [5.41, 5.74) is 6.86. The van der Waals surface area contributed by atoms with Crippen LogP contribution in [0.1, 0.15) is 36.5 Å². The highest BCUT2D eigenvalue weighted by Crippen LogP contribution is 2.51. The van der Waals surface area contributed by atoms with Crippen molar-refractivity contribution in [3.05, 3.63) is 132 Å². The number of rotatable bonds is 5. The van der Waals surface area contributed by atoms with Crippen LogP contribution in [0, 0.1) is 0 Å². The fourth-order valence-electron chi connectivity index (χ4n) is 4.80. The fourth-order valence-corrected chi connectivity index (χ4v) is 6.16. The zero-order valence-electron chi connectivity index (χ0n) is 20.3. The number of hydrogen-bond donors (Lipinski definition) is 0. The van der Waals surface area contributed by atoms with Gasteiger partial charge in [-0.3, -0.25) is 0 Å². The first-order valence-electron chi connectivity index (χ1n) is 12.5. The Morgan fingerprint density at radius 3 is 1.81 bits per heavy atom. The van der Waals surface area contributed by atoms with Gasteiger partial charge in [0.15, 0.2) is 0 Å². The quantitative estimate of drug-likeness (QED) is 0.291. The van der Waals surface area contributed by atoms with Crippen LogP contribution >= 0.6 is 11.8 Å². The van der Waals surface area contributed by atoms with Crippen LogP contribution in [0.4, 0.5) is 11.4 Å². The van der Waals surface area contributed by atoms with Crippen molar-refractivity contribution in [2.75, 3.05) is 10.0 Å². The van der Waals surface area contributed by atoms with Gasteiger partial charge in [-0.1, -0.05) is 97.9 Å². The van der Waals surface area contributed by atoms with E-state index in [0.29, 0.717) is 0 Å². The van der Waals surface area contributed by atoms with Gasteiger partial charge in [0.05, 0.1) is 17.1 Å². The molecule has 0 saturated carbocycles. The van der Waals surface area contributed by atoms with Gasteiger partial charge in [0, 0.05) is 12.0 Å². The summed E-state index contributed by atoms with van der Waals surface area (Å²) in [6.45, 7) is 2.19. The zero-order valence-corrected chi connectivity index (χ0v) is 21.1. The molecule has 0 fully saturated rings. The van der Waals surface area contributed by atoms with Crippen LogP contribution in [-0.2, 0) is 6.42 Å². The molecule has 36 heavy (non-hydrogen) atoms. The maximum absolute atomic E-state index is 5.33. The molecule has 4 nitrogen and oxygen atoms in total. The van der Waals surface area contributed by atoms with Gasteiger partial charge in [-0.15, -0.1) is 0 Å². The normalized spacial score (nSPS) is 19.4. The number of anilines is 2. The molecule has 178 valence electrons. The molecule has 0 saturated heterocycles. The molecule has 0 radical (unpaired) electrons. The maximum atomic E-state index is 5.33. The number of thioether (sulfide) groups is 1. The topological polar surface area (TPSA) is 31.2 Å². The number of aryl methyl sites for hydroxylation is 1. The summed E-state index contributed by atoms with van der Waals surface area (Å²) in [6.07, 6.45) is 2.77. The van der Waals surface area contributed by atoms with Gasteiger partial charge < -0.3 is 0 Å². The number of benzene rings is 4. The average Bonchev–Trinajstić information content (AvgIpc) is 3.34. The van der Waals surface area contributed by atoms with E-state index >= 15 is 0 Å². The van der Waals surface area contributed by atoms with Crippen molar-refractivity contribution in [1.82, 2.24) is 0 Å². The smallest absolute Gasteiger partial charge is 0.208 e. The molecule has 1 atom stereocenters. The molecule has 0 aromatic heterocycles. The van der Waals surface area contributed by atoms with Crippen LogP contribution in [0.2, 0.25) is 0 Å². The summed E-state index contributed by atoms with van der Waals surface area (Å²) in [4.78, 5) is -0.513. The third-order valence-corrected chi connectivity index (χ3v) is 8.13. The predicted molar refractivity (Wildman–Crippen MR) is 153 cm³/mol. The monoisotopic (exact) mass is 488 g/mol. The summed E-state index contributed by atoms with van der Waals surface area (Å²) >= 11 is 1.79. The van der Waals surface area contributed by atoms with Gasteiger partial charge in [0.1, 0.15) is 5.04 Å². The molecule has 4 aromatic carbocycles. The van der Waals surface area contributed by atoms with Crippen molar-refractivity contribution in [3.8, 4) is 0 Å². The predicted octanol–water partition coefficient (Wildman–Crippen LogP) is 7.52. The van der Waals surface area contributed by atoms with Crippen LogP contribution in [0.5, 0.6) is 0 Å². The first kappa shape index (κ1) is 22.6. The zero-order chi connectivity index (χ0) is 24.4. The van der Waals surface area contributed by atoms with E-state index in [1.54, 1.807) is 11.8 Å².